The van der Waals surface area contributed by atoms with Crippen molar-refractivity contribution in [3.8, 4) is 17.0 Å². The van der Waals surface area contributed by atoms with E-state index in [0.29, 0.717) is 35.6 Å². The standard InChI is InChI=1S/C29H28N6O2/c1-19-17-32-35-27(16-25(34-28(19)35)23-12-5-6-13-26(23)36)31-18-21-10-7-11-22(14-21)33-29(37)24(30)15-20-8-3-2-4-9-20/h2-14,16-17,24,31,36H,15,18,30H2,1H3,(H,33,37). The minimum Gasteiger partial charge on any atom is -0.507 e. The van der Waals surface area contributed by atoms with Gasteiger partial charge in [0.15, 0.2) is 5.65 Å². The number of aromatic nitrogens is 3. The van der Waals surface area contributed by atoms with Crippen LogP contribution in [0.4, 0.5) is 11.5 Å². The lowest BCUT2D eigenvalue weighted by molar-refractivity contribution is -0.117. The zero-order valence-electron chi connectivity index (χ0n) is 20.4. The number of nitrogens with two attached hydrogens (primary N) is 1. The van der Waals surface area contributed by atoms with Crippen LogP contribution in [0, 0.1) is 6.92 Å². The Balaban J connectivity index is 1.32. The second kappa shape index (κ2) is 10.5. The monoisotopic (exact) mass is 492 g/mol. The van der Waals surface area contributed by atoms with E-state index in [4.69, 9.17) is 10.7 Å². The highest BCUT2D eigenvalue weighted by Crippen LogP contribution is 2.30. The van der Waals surface area contributed by atoms with E-state index >= 15 is 0 Å². The molecule has 1 amide bonds. The lowest BCUT2D eigenvalue weighted by atomic mass is 10.1. The van der Waals surface area contributed by atoms with Crippen LogP contribution in [0.3, 0.4) is 0 Å². The zero-order chi connectivity index (χ0) is 25.8. The van der Waals surface area contributed by atoms with Gasteiger partial charge in [0.1, 0.15) is 11.6 Å². The molecule has 8 nitrogen and oxygen atoms in total. The Morgan fingerprint density at radius 3 is 2.57 bits per heavy atom. The molecule has 2 aromatic heterocycles. The molecule has 0 aliphatic heterocycles. The van der Waals surface area contributed by atoms with E-state index in [1.54, 1.807) is 22.8 Å². The maximum Gasteiger partial charge on any atom is 0.241 e. The quantitative estimate of drug-likeness (QED) is 0.253. The van der Waals surface area contributed by atoms with Crippen molar-refractivity contribution in [2.45, 2.75) is 25.9 Å². The number of amides is 1. The Kier molecular flexibility index (Phi) is 6.83. The molecule has 0 radical (unpaired) electrons. The SMILES string of the molecule is Cc1cnn2c(NCc3cccc(NC(=O)C(N)Cc4ccccc4)c3)cc(-c3ccccc3O)nc12. The van der Waals surface area contributed by atoms with E-state index < -0.39 is 6.04 Å². The maximum atomic E-state index is 12.7. The predicted molar refractivity (Wildman–Crippen MR) is 145 cm³/mol. The number of aryl methyl sites for hydroxylation is 1. The molecule has 0 aliphatic rings. The second-order valence-electron chi connectivity index (χ2n) is 8.95. The molecule has 8 heteroatoms. The molecule has 3 aromatic carbocycles. The van der Waals surface area contributed by atoms with Crippen LogP contribution in [0.25, 0.3) is 16.9 Å². The van der Waals surface area contributed by atoms with Gasteiger partial charge in [-0.25, -0.2) is 4.98 Å². The van der Waals surface area contributed by atoms with Gasteiger partial charge in [-0.15, -0.1) is 0 Å². The maximum absolute atomic E-state index is 12.7. The summed E-state index contributed by atoms with van der Waals surface area (Å²) in [5.74, 6) is 0.663. The fraction of sp³-hybridized carbons (Fsp3) is 0.138. The molecule has 5 rings (SSSR count). The molecule has 0 aliphatic carbocycles. The molecule has 1 unspecified atom stereocenters. The Labute approximate surface area is 214 Å². The van der Waals surface area contributed by atoms with E-state index in [1.165, 1.54) is 0 Å². The summed E-state index contributed by atoms with van der Waals surface area (Å²) in [4.78, 5) is 17.4. The second-order valence-corrected chi connectivity index (χ2v) is 8.95. The highest BCUT2D eigenvalue weighted by atomic mass is 16.3. The van der Waals surface area contributed by atoms with Crippen molar-refractivity contribution in [2.75, 3.05) is 10.6 Å². The third kappa shape index (κ3) is 5.44. The molecule has 5 N–H and O–H groups in total. The van der Waals surface area contributed by atoms with Gasteiger partial charge in [0.2, 0.25) is 5.91 Å². The summed E-state index contributed by atoms with van der Waals surface area (Å²) in [6.07, 6.45) is 2.23. The van der Waals surface area contributed by atoms with Gasteiger partial charge in [-0.3, -0.25) is 4.79 Å². The molecule has 37 heavy (non-hydrogen) atoms. The number of anilines is 2. The number of rotatable bonds is 8. The van der Waals surface area contributed by atoms with Crippen LogP contribution in [0.1, 0.15) is 16.7 Å². The Hall–Kier alpha value is -4.69. The van der Waals surface area contributed by atoms with Gasteiger partial charge in [0.05, 0.1) is 17.9 Å². The van der Waals surface area contributed by atoms with Crippen LogP contribution in [0.15, 0.2) is 91.1 Å². The fourth-order valence-corrected chi connectivity index (χ4v) is 4.17. The van der Waals surface area contributed by atoms with E-state index in [-0.39, 0.29) is 11.7 Å². The van der Waals surface area contributed by atoms with Gasteiger partial charge >= 0.3 is 0 Å². The van der Waals surface area contributed by atoms with E-state index in [1.807, 2.05) is 79.7 Å². The average Bonchev–Trinajstić information content (AvgIpc) is 3.29. The molecule has 0 saturated carbocycles. The van der Waals surface area contributed by atoms with Gasteiger partial charge in [0.25, 0.3) is 0 Å². The van der Waals surface area contributed by atoms with Crippen LogP contribution in [-0.2, 0) is 17.8 Å². The first-order valence-corrected chi connectivity index (χ1v) is 12.0. The lowest BCUT2D eigenvalue weighted by Gasteiger charge is -2.14. The highest BCUT2D eigenvalue weighted by Gasteiger charge is 2.15. The van der Waals surface area contributed by atoms with Crippen molar-refractivity contribution in [1.29, 1.82) is 0 Å². The first-order valence-electron chi connectivity index (χ1n) is 12.0. The number of carbonyl (C=O) groups excluding carboxylic acids is 1. The minimum absolute atomic E-state index is 0.163. The number of nitrogens with zero attached hydrogens (tertiary/aromatic N) is 3. The summed E-state index contributed by atoms with van der Waals surface area (Å²) in [5, 5.41) is 21.2. The molecule has 1 atom stereocenters. The fourth-order valence-electron chi connectivity index (χ4n) is 4.17. The number of nitrogens with one attached hydrogen (secondary N) is 2. The number of hydrogen-bond acceptors (Lipinski definition) is 6. The topological polar surface area (TPSA) is 118 Å². The van der Waals surface area contributed by atoms with Crippen LogP contribution in [0.5, 0.6) is 5.75 Å². The molecule has 5 aromatic rings. The van der Waals surface area contributed by atoms with Crippen molar-refractivity contribution < 1.29 is 9.90 Å². The smallest absolute Gasteiger partial charge is 0.241 e. The predicted octanol–water partition coefficient (Wildman–Crippen LogP) is 4.53. The number of para-hydroxylation sites is 1. The minimum atomic E-state index is -0.648. The zero-order valence-corrected chi connectivity index (χ0v) is 20.4. The number of aromatic hydroxyl groups is 1. The Morgan fingerprint density at radius 2 is 1.76 bits per heavy atom. The molecule has 2 heterocycles. The van der Waals surface area contributed by atoms with Gasteiger partial charge in [-0.1, -0.05) is 54.6 Å². The highest BCUT2D eigenvalue weighted by molar-refractivity contribution is 5.94. The van der Waals surface area contributed by atoms with Crippen LogP contribution in [-0.4, -0.2) is 31.7 Å². The average molecular weight is 493 g/mol. The third-order valence-corrected chi connectivity index (χ3v) is 6.13. The van der Waals surface area contributed by atoms with Crippen molar-refractivity contribution in [3.63, 3.8) is 0 Å². The molecule has 186 valence electrons. The molecule has 0 saturated heterocycles. The van der Waals surface area contributed by atoms with Gasteiger partial charge in [-0.2, -0.15) is 9.61 Å². The van der Waals surface area contributed by atoms with Crippen molar-refractivity contribution in [3.05, 3.63) is 108 Å². The van der Waals surface area contributed by atoms with Gasteiger partial charge in [-0.05, 0) is 48.7 Å². The van der Waals surface area contributed by atoms with E-state index in [0.717, 1.165) is 22.5 Å². The normalized spacial score (nSPS) is 11.8. The summed E-state index contributed by atoms with van der Waals surface area (Å²) in [5.41, 5.74) is 11.7. The van der Waals surface area contributed by atoms with E-state index in [9.17, 15) is 9.90 Å². The van der Waals surface area contributed by atoms with Crippen LogP contribution < -0.4 is 16.4 Å². The molecule has 0 bridgehead atoms. The number of carbonyl (C=O) groups is 1. The number of fused-ring (bicyclic) bond motifs is 1. The summed E-state index contributed by atoms with van der Waals surface area (Å²) in [7, 11) is 0. The molecule has 0 spiro atoms. The van der Waals surface area contributed by atoms with Crippen molar-refractivity contribution >= 4 is 23.1 Å². The Morgan fingerprint density at radius 1 is 1.00 bits per heavy atom. The first-order chi connectivity index (χ1) is 18.0. The summed E-state index contributed by atoms with van der Waals surface area (Å²) < 4.78 is 1.74. The van der Waals surface area contributed by atoms with Crippen molar-refractivity contribution in [2.24, 2.45) is 5.73 Å². The van der Waals surface area contributed by atoms with Crippen LogP contribution >= 0.6 is 0 Å². The molecular formula is C29H28N6O2. The summed E-state index contributed by atoms with van der Waals surface area (Å²) in [6, 6.07) is 25.7. The summed E-state index contributed by atoms with van der Waals surface area (Å²) in [6.45, 7) is 2.43. The first kappa shape index (κ1) is 24.0. The van der Waals surface area contributed by atoms with Gasteiger partial charge in [0, 0.05) is 29.4 Å². The summed E-state index contributed by atoms with van der Waals surface area (Å²) >= 11 is 0. The van der Waals surface area contributed by atoms with Gasteiger partial charge < -0.3 is 21.5 Å². The molecular weight excluding hydrogens is 464 g/mol. The largest absolute Gasteiger partial charge is 0.507 e. The van der Waals surface area contributed by atoms with Crippen LogP contribution in [0.2, 0.25) is 0 Å². The van der Waals surface area contributed by atoms with E-state index in [2.05, 4.69) is 15.7 Å². The number of hydrogen-bond donors (Lipinski definition) is 4. The Bertz CT molecular complexity index is 1550. The third-order valence-electron chi connectivity index (χ3n) is 6.13. The van der Waals surface area contributed by atoms with Crippen molar-refractivity contribution in [1.82, 2.24) is 14.6 Å². The lowest BCUT2D eigenvalue weighted by Crippen LogP contribution is -2.37. The number of phenolic OH excluding ortho intramolecular Hbond substituents is 1. The number of phenols is 1. The number of benzene rings is 3. The molecule has 0 fully saturated rings.